The van der Waals surface area contributed by atoms with Crippen molar-refractivity contribution < 1.29 is 9.53 Å². The molecule has 226 valence electrons. The monoisotopic (exact) mass is 594 g/mol. The van der Waals surface area contributed by atoms with Crippen LogP contribution in [0.25, 0.3) is 33.7 Å². The van der Waals surface area contributed by atoms with Gasteiger partial charge in [-0.05, 0) is 53.5 Å². The molecule has 3 aromatic heterocycles. The number of tetrazole rings is 1. The highest BCUT2D eigenvalue weighted by atomic mass is 16.5. The average molecular weight is 595 g/mol. The number of hydrogen-bond acceptors (Lipinski definition) is 8. The van der Waals surface area contributed by atoms with E-state index in [4.69, 9.17) is 9.72 Å². The van der Waals surface area contributed by atoms with Gasteiger partial charge in [0.05, 0.1) is 7.11 Å². The summed E-state index contributed by atoms with van der Waals surface area (Å²) in [5, 5.41) is 14.5. The van der Waals surface area contributed by atoms with Crippen molar-refractivity contribution in [3.05, 3.63) is 80.8 Å². The summed E-state index contributed by atoms with van der Waals surface area (Å²) in [5.41, 5.74) is 3.59. The van der Waals surface area contributed by atoms with Gasteiger partial charge in [-0.2, -0.15) is 5.21 Å². The summed E-state index contributed by atoms with van der Waals surface area (Å²) in [4.78, 5) is 45.1. The number of fused-ring (bicyclic) bond motifs is 1. The summed E-state index contributed by atoms with van der Waals surface area (Å²) in [5.74, 6) is 1.21. The number of hydrogen-bond donors (Lipinski definition) is 1. The van der Waals surface area contributed by atoms with E-state index in [0.29, 0.717) is 30.3 Å². The Kier molecular flexibility index (Phi) is 7.41. The van der Waals surface area contributed by atoms with Crippen LogP contribution in [-0.2, 0) is 29.2 Å². The highest BCUT2D eigenvalue weighted by Crippen LogP contribution is 2.35. The zero-order chi connectivity index (χ0) is 30.2. The molecule has 0 unspecified atom stereocenters. The summed E-state index contributed by atoms with van der Waals surface area (Å²) in [6, 6.07) is 16.1. The third-order valence-corrected chi connectivity index (χ3v) is 8.89. The quantitative estimate of drug-likeness (QED) is 0.253. The third-order valence-electron chi connectivity index (χ3n) is 8.89. The van der Waals surface area contributed by atoms with Crippen molar-refractivity contribution in [2.75, 3.05) is 7.11 Å². The van der Waals surface area contributed by atoms with E-state index in [9.17, 15) is 14.4 Å². The Bertz CT molecular complexity index is 1930. The maximum atomic E-state index is 14.1. The van der Waals surface area contributed by atoms with Gasteiger partial charge in [0.15, 0.2) is 11.2 Å². The van der Waals surface area contributed by atoms with Crippen molar-refractivity contribution in [2.45, 2.75) is 70.5 Å². The maximum Gasteiger partial charge on any atom is 0.333 e. The van der Waals surface area contributed by atoms with Crippen LogP contribution >= 0.6 is 0 Å². The lowest BCUT2D eigenvalue weighted by molar-refractivity contribution is -0.141. The van der Waals surface area contributed by atoms with Gasteiger partial charge >= 0.3 is 11.7 Å². The van der Waals surface area contributed by atoms with E-state index in [1.54, 1.807) is 0 Å². The van der Waals surface area contributed by atoms with Gasteiger partial charge < -0.3 is 9.30 Å². The molecular formula is C32H34N8O4. The smallest absolute Gasteiger partial charge is 0.333 e. The van der Waals surface area contributed by atoms with E-state index < -0.39 is 11.7 Å². The molecule has 2 aliphatic rings. The Morgan fingerprint density at radius 2 is 1.68 bits per heavy atom. The molecule has 0 aliphatic heterocycles. The maximum absolute atomic E-state index is 14.1. The van der Waals surface area contributed by atoms with E-state index >= 15 is 0 Å². The summed E-state index contributed by atoms with van der Waals surface area (Å²) in [6.07, 6.45) is 7.24. The molecule has 0 radical (unpaired) electrons. The molecule has 2 aromatic carbocycles. The fourth-order valence-corrected chi connectivity index (χ4v) is 6.37. The van der Waals surface area contributed by atoms with Crippen LogP contribution in [0.2, 0.25) is 0 Å². The third kappa shape index (κ3) is 5.24. The van der Waals surface area contributed by atoms with Gasteiger partial charge in [0.1, 0.15) is 12.4 Å². The first-order chi connectivity index (χ1) is 21.5. The highest BCUT2D eigenvalue weighted by molar-refractivity contribution is 5.80. The molecule has 0 bridgehead atoms. The predicted molar refractivity (Wildman–Crippen MR) is 163 cm³/mol. The normalized spacial score (nSPS) is 15.6. The number of nitrogens with one attached hydrogen (secondary N) is 1. The van der Waals surface area contributed by atoms with Crippen molar-refractivity contribution >= 4 is 17.1 Å². The van der Waals surface area contributed by atoms with Crippen molar-refractivity contribution in [2.24, 2.45) is 5.92 Å². The first-order valence-electron chi connectivity index (χ1n) is 15.2. The molecule has 7 rings (SSSR count). The Morgan fingerprint density at radius 3 is 2.36 bits per heavy atom. The van der Waals surface area contributed by atoms with Crippen LogP contribution in [0, 0.1) is 5.92 Å². The Labute approximate surface area is 252 Å². The molecule has 12 heteroatoms. The Balaban J connectivity index is 1.34. The highest BCUT2D eigenvalue weighted by Gasteiger charge is 2.30. The minimum Gasteiger partial charge on any atom is -0.468 e. The van der Waals surface area contributed by atoms with E-state index in [1.165, 1.54) is 22.7 Å². The van der Waals surface area contributed by atoms with Crippen LogP contribution in [0.1, 0.15) is 62.3 Å². The van der Waals surface area contributed by atoms with Crippen LogP contribution in [0.4, 0.5) is 0 Å². The molecule has 12 nitrogen and oxygen atoms in total. The van der Waals surface area contributed by atoms with Gasteiger partial charge in [-0.25, -0.2) is 9.78 Å². The second-order valence-corrected chi connectivity index (χ2v) is 11.8. The van der Waals surface area contributed by atoms with Crippen molar-refractivity contribution in [1.29, 1.82) is 0 Å². The fourth-order valence-electron chi connectivity index (χ4n) is 6.37. The average Bonchev–Trinajstić information content (AvgIpc) is 3.56. The van der Waals surface area contributed by atoms with Crippen molar-refractivity contribution in [3.8, 4) is 22.5 Å². The molecule has 1 N–H and O–H groups in total. The molecule has 2 saturated carbocycles. The predicted octanol–water partition coefficient (Wildman–Crippen LogP) is 3.89. The zero-order valence-electron chi connectivity index (χ0n) is 24.6. The van der Waals surface area contributed by atoms with Gasteiger partial charge in [-0.3, -0.25) is 18.7 Å². The van der Waals surface area contributed by atoms with E-state index in [-0.39, 0.29) is 23.7 Å². The van der Waals surface area contributed by atoms with Crippen molar-refractivity contribution in [3.63, 3.8) is 0 Å². The number of aromatic amines is 1. The van der Waals surface area contributed by atoms with Crippen LogP contribution in [-0.4, -0.2) is 52.4 Å². The number of esters is 1. The first kappa shape index (κ1) is 27.9. The standard InChI is InChI=1S/C32H34N8O4/c1-44-26(41)19-39-30-27(31(42)40(32(39)43)18-20-11-12-20)38(29(33-30)23-7-3-2-4-8-23)17-21-13-15-22(16-14-21)24-9-5-6-10-25(24)28-34-36-37-35-28/h5-6,9-10,13-16,20,23H,2-4,7-8,11-12,17-19H2,1H3,(H,34,35,36,37). The SMILES string of the molecule is COC(=O)Cn1c(=O)n(CC2CC2)c(=O)c2c1nc(C1CCCCC1)n2Cc1ccc(-c2ccccc2-c2nn[nH]n2)cc1. The van der Waals surface area contributed by atoms with Gasteiger partial charge in [-0.1, -0.05) is 67.8 Å². The lowest BCUT2D eigenvalue weighted by Crippen LogP contribution is -2.42. The number of methoxy groups -OCH3 is 1. The minimum atomic E-state index is -0.560. The van der Waals surface area contributed by atoms with Crippen LogP contribution in [0.5, 0.6) is 0 Å². The fraction of sp³-hybridized carbons (Fsp3) is 0.406. The Hall–Kier alpha value is -4.87. The summed E-state index contributed by atoms with van der Waals surface area (Å²) in [6.45, 7) is 0.448. The van der Waals surface area contributed by atoms with Gasteiger partial charge in [0.25, 0.3) is 5.56 Å². The number of nitrogens with zero attached hydrogens (tertiary/aromatic N) is 7. The van der Waals surface area contributed by atoms with Gasteiger partial charge in [0, 0.05) is 24.6 Å². The number of H-pyrrole nitrogens is 1. The molecule has 5 aromatic rings. The van der Waals surface area contributed by atoms with E-state index in [1.807, 2.05) is 53.1 Å². The van der Waals surface area contributed by atoms with E-state index in [0.717, 1.165) is 66.6 Å². The summed E-state index contributed by atoms with van der Waals surface area (Å²) >= 11 is 0. The van der Waals surface area contributed by atoms with Crippen LogP contribution in [0.3, 0.4) is 0 Å². The number of benzene rings is 2. The summed E-state index contributed by atoms with van der Waals surface area (Å²) in [7, 11) is 1.29. The molecule has 2 aliphatic carbocycles. The molecule has 0 atom stereocenters. The number of aromatic nitrogens is 8. The second-order valence-electron chi connectivity index (χ2n) is 11.8. The van der Waals surface area contributed by atoms with Crippen molar-refractivity contribution in [1.82, 2.24) is 39.3 Å². The first-order valence-corrected chi connectivity index (χ1v) is 15.2. The molecule has 0 amide bonds. The molecule has 0 spiro atoms. The number of ether oxygens (including phenoxy) is 1. The topological polar surface area (TPSA) is 143 Å². The summed E-state index contributed by atoms with van der Waals surface area (Å²) < 4.78 is 9.53. The molecule has 3 heterocycles. The molecular weight excluding hydrogens is 560 g/mol. The number of rotatable bonds is 9. The largest absolute Gasteiger partial charge is 0.468 e. The van der Waals surface area contributed by atoms with Gasteiger partial charge in [-0.15, -0.1) is 10.2 Å². The minimum absolute atomic E-state index is 0.162. The zero-order valence-corrected chi connectivity index (χ0v) is 24.6. The second kappa shape index (κ2) is 11.7. The molecule has 44 heavy (non-hydrogen) atoms. The van der Waals surface area contributed by atoms with E-state index in [2.05, 4.69) is 20.6 Å². The van der Waals surface area contributed by atoms with Crippen LogP contribution in [0.15, 0.2) is 58.1 Å². The van der Waals surface area contributed by atoms with Crippen LogP contribution < -0.4 is 11.2 Å². The molecule has 0 saturated heterocycles. The van der Waals surface area contributed by atoms with Gasteiger partial charge in [0.2, 0.25) is 5.82 Å². The molecule has 2 fully saturated rings. The Morgan fingerprint density at radius 1 is 0.932 bits per heavy atom. The number of imidazole rings is 1. The number of carbonyl (C=O) groups is 1. The lowest BCUT2D eigenvalue weighted by atomic mass is 9.88. The lowest BCUT2D eigenvalue weighted by Gasteiger charge is -2.22. The number of carbonyl (C=O) groups excluding carboxylic acids is 1.